The van der Waals surface area contributed by atoms with Gasteiger partial charge in [-0.3, -0.25) is 0 Å². The van der Waals surface area contributed by atoms with E-state index in [9.17, 15) is 4.39 Å². The van der Waals surface area contributed by atoms with Gasteiger partial charge in [0.25, 0.3) is 0 Å². The third kappa shape index (κ3) is 2.83. The highest BCUT2D eigenvalue weighted by Crippen LogP contribution is 2.25. The second kappa shape index (κ2) is 5.66. The van der Waals surface area contributed by atoms with Crippen LogP contribution in [0.4, 0.5) is 4.39 Å². The molecule has 2 nitrogen and oxygen atoms in total. The van der Waals surface area contributed by atoms with Crippen molar-refractivity contribution >= 4 is 0 Å². The Morgan fingerprint density at radius 3 is 2.69 bits per heavy atom. The first-order valence-corrected chi connectivity index (χ1v) is 5.32. The summed E-state index contributed by atoms with van der Waals surface area (Å²) in [6.07, 6.45) is 0. The molecule has 16 heavy (non-hydrogen) atoms. The molecule has 0 bridgehead atoms. The number of benzene rings is 1. The van der Waals surface area contributed by atoms with Gasteiger partial charge in [0.05, 0.1) is 13.2 Å². The minimum Gasteiger partial charge on any atom is -0.494 e. The van der Waals surface area contributed by atoms with E-state index in [-0.39, 0.29) is 17.6 Å². The number of ether oxygens (including phenoxy) is 1. The summed E-state index contributed by atoms with van der Waals surface area (Å²) in [7, 11) is 1.46. The number of methoxy groups -OCH3 is 1. The van der Waals surface area contributed by atoms with E-state index in [4.69, 9.17) is 4.74 Å². The number of hydrogen-bond acceptors (Lipinski definition) is 2. The van der Waals surface area contributed by atoms with Crippen LogP contribution >= 0.6 is 0 Å². The Morgan fingerprint density at radius 1 is 1.56 bits per heavy atom. The maximum atomic E-state index is 13.5. The lowest BCUT2D eigenvalue weighted by molar-refractivity contribution is 0.385. The van der Waals surface area contributed by atoms with Gasteiger partial charge in [-0.05, 0) is 31.2 Å². The van der Waals surface area contributed by atoms with Crippen LogP contribution in [0.5, 0.6) is 5.75 Å². The zero-order valence-corrected chi connectivity index (χ0v) is 10.0. The van der Waals surface area contributed by atoms with Crippen molar-refractivity contribution < 1.29 is 9.13 Å². The van der Waals surface area contributed by atoms with Crippen molar-refractivity contribution in [1.82, 2.24) is 5.32 Å². The predicted molar refractivity (Wildman–Crippen MR) is 64.2 cm³/mol. The largest absolute Gasteiger partial charge is 0.494 e. The fourth-order valence-corrected chi connectivity index (χ4v) is 1.64. The van der Waals surface area contributed by atoms with Crippen molar-refractivity contribution in [2.24, 2.45) is 0 Å². The van der Waals surface area contributed by atoms with Crippen LogP contribution in [0.15, 0.2) is 30.4 Å². The lowest BCUT2D eigenvalue weighted by Gasteiger charge is -2.19. The Balaban J connectivity index is 3.01. The first-order valence-electron chi connectivity index (χ1n) is 5.32. The molecule has 0 spiro atoms. The lowest BCUT2D eigenvalue weighted by atomic mass is 10.0. The molecular formula is C13H18FNO. The summed E-state index contributed by atoms with van der Waals surface area (Å²) < 4.78 is 18.4. The van der Waals surface area contributed by atoms with Gasteiger partial charge in [-0.2, -0.15) is 0 Å². The molecule has 3 heteroatoms. The lowest BCUT2D eigenvalue weighted by Crippen LogP contribution is -2.21. The average Bonchev–Trinajstić information content (AvgIpc) is 2.25. The molecule has 0 aliphatic rings. The maximum absolute atomic E-state index is 13.5. The van der Waals surface area contributed by atoms with Crippen molar-refractivity contribution in [3.63, 3.8) is 0 Å². The molecule has 0 amide bonds. The molecule has 1 aromatic carbocycles. The van der Waals surface area contributed by atoms with E-state index in [1.54, 1.807) is 6.07 Å². The molecule has 1 atom stereocenters. The Hall–Kier alpha value is -1.35. The first-order chi connectivity index (χ1) is 7.60. The summed E-state index contributed by atoms with van der Waals surface area (Å²) in [4.78, 5) is 0. The zero-order valence-electron chi connectivity index (χ0n) is 10.0. The number of nitrogens with one attached hydrogen (secondary N) is 1. The van der Waals surface area contributed by atoms with Gasteiger partial charge in [0.2, 0.25) is 0 Å². The van der Waals surface area contributed by atoms with Gasteiger partial charge >= 0.3 is 0 Å². The Morgan fingerprint density at radius 2 is 2.25 bits per heavy atom. The summed E-state index contributed by atoms with van der Waals surface area (Å²) >= 11 is 0. The highest BCUT2D eigenvalue weighted by Gasteiger charge is 2.13. The van der Waals surface area contributed by atoms with Crippen molar-refractivity contribution in [3.8, 4) is 5.75 Å². The van der Waals surface area contributed by atoms with E-state index in [0.717, 1.165) is 17.7 Å². The van der Waals surface area contributed by atoms with Crippen LogP contribution < -0.4 is 10.1 Å². The number of rotatable bonds is 5. The minimum absolute atomic E-state index is 0.00888. The van der Waals surface area contributed by atoms with Crippen LogP contribution in [0.3, 0.4) is 0 Å². The van der Waals surface area contributed by atoms with E-state index >= 15 is 0 Å². The van der Waals surface area contributed by atoms with Gasteiger partial charge < -0.3 is 10.1 Å². The van der Waals surface area contributed by atoms with E-state index in [0.29, 0.717) is 0 Å². The predicted octanol–water partition coefficient (Wildman–Crippen LogP) is 3.06. The van der Waals surface area contributed by atoms with Gasteiger partial charge in [0.15, 0.2) is 11.6 Å². The second-order valence-corrected chi connectivity index (χ2v) is 3.73. The minimum atomic E-state index is -0.343. The summed E-state index contributed by atoms with van der Waals surface area (Å²) in [5, 5.41) is 3.26. The molecule has 0 saturated heterocycles. The third-order valence-electron chi connectivity index (χ3n) is 2.41. The number of halogens is 1. The Labute approximate surface area is 96.1 Å². The molecule has 0 aromatic heterocycles. The topological polar surface area (TPSA) is 21.3 Å². The number of hydrogen-bond donors (Lipinski definition) is 1. The highest BCUT2D eigenvalue weighted by atomic mass is 19.1. The van der Waals surface area contributed by atoms with Crippen LogP contribution in [-0.4, -0.2) is 13.7 Å². The van der Waals surface area contributed by atoms with Crippen molar-refractivity contribution in [1.29, 1.82) is 0 Å². The Bertz CT molecular complexity index is 376. The van der Waals surface area contributed by atoms with E-state index in [1.165, 1.54) is 13.2 Å². The molecule has 1 N–H and O–H groups in total. The molecule has 0 saturated carbocycles. The molecule has 0 radical (unpaired) electrons. The average molecular weight is 223 g/mol. The molecule has 0 aliphatic carbocycles. The molecule has 0 heterocycles. The monoisotopic (exact) mass is 223 g/mol. The van der Waals surface area contributed by atoms with Gasteiger partial charge in [0, 0.05) is 0 Å². The smallest absolute Gasteiger partial charge is 0.165 e. The summed E-state index contributed by atoms with van der Waals surface area (Å²) in [5.41, 5.74) is 1.83. The summed E-state index contributed by atoms with van der Waals surface area (Å²) in [6.45, 7) is 8.65. The number of likely N-dealkylation sites (N-methyl/N-ethyl adjacent to an activating group) is 1. The van der Waals surface area contributed by atoms with E-state index < -0.39 is 0 Å². The third-order valence-corrected chi connectivity index (χ3v) is 2.41. The van der Waals surface area contributed by atoms with Crippen molar-refractivity contribution in [2.75, 3.05) is 13.7 Å². The van der Waals surface area contributed by atoms with Gasteiger partial charge in [-0.15, -0.1) is 0 Å². The van der Waals surface area contributed by atoms with Crippen molar-refractivity contribution in [2.45, 2.75) is 19.9 Å². The maximum Gasteiger partial charge on any atom is 0.165 e. The zero-order chi connectivity index (χ0) is 12.1. The SMILES string of the molecule is C=C(C)C(NCC)c1ccc(OC)c(F)c1. The fourth-order valence-electron chi connectivity index (χ4n) is 1.64. The van der Waals surface area contributed by atoms with Crippen LogP contribution in [0.25, 0.3) is 0 Å². The van der Waals surface area contributed by atoms with Gasteiger partial charge in [-0.1, -0.05) is 25.1 Å². The van der Waals surface area contributed by atoms with E-state index in [2.05, 4.69) is 11.9 Å². The normalized spacial score (nSPS) is 12.2. The molecule has 1 rings (SSSR count). The quantitative estimate of drug-likeness (QED) is 0.775. The molecule has 1 unspecified atom stereocenters. The molecule has 0 aliphatic heterocycles. The summed E-state index contributed by atoms with van der Waals surface area (Å²) in [5.74, 6) is -0.0788. The van der Waals surface area contributed by atoms with Crippen LogP contribution in [-0.2, 0) is 0 Å². The summed E-state index contributed by atoms with van der Waals surface area (Å²) in [6, 6.07) is 4.97. The highest BCUT2D eigenvalue weighted by molar-refractivity contribution is 5.34. The molecule has 88 valence electrons. The fraction of sp³-hybridized carbons (Fsp3) is 0.385. The van der Waals surface area contributed by atoms with Gasteiger partial charge in [0.1, 0.15) is 0 Å². The Kier molecular flexibility index (Phi) is 4.50. The van der Waals surface area contributed by atoms with Crippen molar-refractivity contribution in [3.05, 3.63) is 41.7 Å². The molecular weight excluding hydrogens is 205 g/mol. The van der Waals surface area contributed by atoms with Crippen LogP contribution in [0, 0.1) is 5.82 Å². The standard InChI is InChI=1S/C13H18FNO/c1-5-15-13(9(2)3)10-6-7-12(16-4)11(14)8-10/h6-8,13,15H,2,5H2,1,3-4H3. The van der Waals surface area contributed by atoms with Crippen LogP contribution in [0.2, 0.25) is 0 Å². The second-order valence-electron chi connectivity index (χ2n) is 3.73. The molecule has 1 aromatic rings. The van der Waals surface area contributed by atoms with Gasteiger partial charge in [-0.25, -0.2) is 4.39 Å². The van der Waals surface area contributed by atoms with Crippen LogP contribution in [0.1, 0.15) is 25.5 Å². The molecule has 0 fully saturated rings. The first kappa shape index (κ1) is 12.7. The van der Waals surface area contributed by atoms with E-state index in [1.807, 2.05) is 19.9 Å².